The molecule has 2 aliphatic rings. The minimum Gasteiger partial charge on any atom is -0.355 e. The summed E-state index contributed by atoms with van der Waals surface area (Å²) in [7, 11) is 0. The fourth-order valence-corrected chi connectivity index (χ4v) is 2.79. The number of nitrogens with one attached hydrogen (secondary N) is 2. The first-order chi connectivity index (χ1) is 10.7. The van der Waals surface area contributed by atoms with E-state index in [-0.39, 0.29) is 5.91 Å². The van der Waals surface area contributed by atoms with Crippen LogP contribution in [0.4, 0.5) is 5.82 Å². The number of anilines is 1. The topological polar surface area (TPSA) is 70.2 Å². The molecule has 0 radical (unpaired) electrons. The Labute approximate surface area is 131 Å². The number of nitrogens with zero attached hydrogens (tertiary/aromatic N) is 3. The molecule has 1 aromatic heterocycles. The lowest BCUT2D eigenvalue weighted by Gasteiger charge is -2.33. The van der Waals surface area contributed by atoms with E-state index in [2.05, 4.69) is 25.7 Å². The van der Waals surface area contributed by atoms with Gasteiger partial charge in [-0.3, -0.25) is 4.79 Å². The Morgan fingerprint density at radius 1 is 1.32 bits per heavy atom. The number of hydrogen-bond donors (Lipinski definition) is 2. The van der Waals surface area contributed by atoms with Crippen LogP contribution in [0.5, 0.6) is 0 Å². The first-order valence-corrected chi connectivity index (χ1v) is 8.26. The zero-order valence-corrected chi connectivity index (χ0v) is 13.2. The first kappa shape index (κ1) is 15.2. The van der Waals surface area contributed by atoms with Crippen LogP contribution in [-0.2, 0) is 4.79 Å². The number of carbonyl (C=O) groups is 1. The number of carbonyl (C=O) groups excluding carboxylic acids is 1. The van der Waals surface area contributed by atoms with Crippen LogP contribution in [0.1, 0.15) is 31.4 Å². The zero-order chi connectivity index (χ0) is 15.4. The summed E-state index contributed by atoms with van der Waals surface area (Å²) in [5, 5.41) is 14.8. The lowest BCUT2D eigenvalue weighted by atomic mass is 10.1. The Kier molecular flexibility index (Phi) is 4.87. The molecule has 6 heteroatoms. The molecular formula is C16H25N5O. The van der Waals surface area contributed by atoms with Crippen molar-refractivity contribution in [2.45, 2.75) is 38.6 Å². The standard InChI is InChI=1S/C16H25N5O/c1-12-4-7-15(20-19-12)21-8-2-3-14(11-21)17-10-16(22)18-9-13-5-6-13/h4,7,13-14,17H,2-3,5-6,8-11H2,1H3,(H,18,22)/t14-/m0/s1. The third-order valence-corrected chi connectivity index (χ3v) is 4.37. The molecule has 2 fully saturated rings. The second kappa shape index (κ2) is 7.05. The third kappa shape index (κ3) is 4.40. The SMILES string of the molecule is Cc1ccc(N2CCC[C@H](NCC(=O)NCC3CC3)C2)nn1. The van der Waals surface area contributed by atoms with Gasteiger partial charge in [-0.05, 0) is 50.7 Å². The Hall–Kier alpha value is -1.69. The molecule has 1 aliphatic heterocycles. The van der Waals surface area contributed by atoms with E-state index in [0.717, 1.165) is 49.9 Å². The van der Waals surface area contributed by atoms with Crippen LogP contribution in [-0.4, -0.2) is 48.3 Å². The molecule has 3 rings (SSSR count). The second-order valence-electron chi connectivity index (χ2n) is 6.45. The van der Waals surface area contributed by atoms with E-state index in [1.54, 1.807) is 0 Å². The van der Waals surface area contributed by atoms with Gasteiger partial charge in [0.15, 0.2) is 5.82 Å². The van der Waals surface area contributed by atoms with Gasteiger partial charge >= 0.3 is 0 Å². The van der Waals surface area contributed by atoms with Crippen LogP contribution >= 0.6 is 0 Å². The van der Waals surface area contributed by atoms with Crippen molar-refractivity contribution in [3.8, 4) is 0 Å². The van der Waals surface area contributed by atoms with E-state index in [0.29, 0.717) is 12.6 Å². The molecule has 1 aliphatic carbocycles. The fraction of sp³-hybridized carbons (Fsp3) is 0.688. The summed E-state index contributed by atoms with van der Waals surface area (Å²) in [6.07, 6.45) is 4.74. The highest BCUT2D eigenvalue weighted by Gasteiger charge is 2.23. The molecule has 2 heterocycles. The summed E-state index contributed by atoms with van der Waals surface area (Å²) < 4.78 is 0. The van der Waals surface area contributed by atoms with Crippen LogP contribution in [0.2, 0.25) is 0 Å². The first-order valence-electron chi connectivity index (χ1n) is 8.26. The van der Waals surface area contributed by atoms with Crippen molar-refractivity contribution in [3.63, 3.8) is 0 Å². The van der Waals surface area contributed by atoms with Gasteiger partial charge in [0.05, 0.1) is 12.2 Å². The largest absolute Gasteiger partial charge is 0.355 e. The highest BCUT2D eigenvalue weighted by Crippen LogP contribution is 2.27. The predicted octanol–water partition coefficient (Wildman–Crippen LogP) is 0.870. The minimum atomic E-state index is 0.110. The van der Waals surface area contributed by atoms with Crippen molar-refractivity contribution >= 4 is 11.7 Å². The summed E-state index contributed by atoms with van der Waals surface area (Å²) in [5.74, 6) is 1.77. The number of amides is 1. The Morgan fingerprint density at radius 2 is 2.18 bits per heavy atom. The highest BCUT2D eigenvalue weighted by molar-refractivity contribution is 5.78. The summed E-state index contributed by atoms with van der Waals surface area (Å²) >= 11 is 0. The maximum atomic E-state index is 11.8. The van der Waals surface area contributed by atoms with Crippen LogP contribution in [0.3, 0.4) is 0 Å². The number of hydrogen-bond acceptors (Lipinski definition) is 5. The molecule has 0 aromatic carbocycles. The van der Waals surface area contributed by atoms with Crippen molar-refractivity contribution in [1.29, 1.82) is 0 Å². The molecule has 0 bridgehead atoms. The molecule has 6 nitrogen and oxygen atoms in total. The molecule has 1 aromatic rings. The van der Waals surface area contributed by atoms with E-state index >= 15 is 0 Å². The summed E-state index contributed by atoms with van der Waals surface area (Å²) in [4.78, 5) is 14.0. The van der Waals surface area contributed by atoms with Gasteiger partial charge in [-0.15, -0.1) is 5.10 Å². The second-order valence-corrected chi connectivity index (χ2v) is 6.45. The van der Waals surface area contributed by atoms with Crippen molar-refractivity contribution in [1.82, 2.24) is 20.8 Å². The van der Waals surface area contributed by atoms with E-state index in [4.69, 9.17) is 0 Å². The van der Waals surface area contributed by atoms with Gasteiger partial charge in [-0.2, -0.15) is 5.10 Å². The molecular weight excluding hydrogens is 278 g/mol. The quantitative estimate of drug-likeness (QED) is 0.816. The van der Waals surface area contributed by atoms with Crippen LogP contribution in [0.15, 0.2) is 12.1 Å². The van der Waals surface area contributed by atoms with Crippen molar-refractivity contribution in [2.75, 3.05) is 31.1 Å². The average molecular weight is 303 g/mol. The van der Waals surface area contributed by atoms with E-state index in [1.807, 2.05) is 19.1 Å². The molecule has 1 saturated heterocycles. The van der Waals surface area contributed by atoms with Crippen molar-refractivity contribution in [3.05, 3.63) is 17.8 Å². The smallest absolute Gasteiger partial charge is 0.233 e. The number of rotatable bonds is 6. The van der Waals surface area contributed by atoms with Gasteiger partial charge < -0.3 is 15.5 Å². The number of aryl methyl sites for hydroxylation is 1. The van der Waals surface area contributed by atoms with Gasteiger partial charge in [0.1, 0.15) is 0 Å². The average Bonchev–Trinajstić information content (AvgIpc) is 3.36. The Balaban J connectivity index is 1.43. The number of aromatic nitrogens is 2. The van der Waals surface area contributed by atoms with Crippen LogP contribution < -0.4 is 15.5 Å². The summed E-state index contributed by atoms with van der Waals surface area (Å²) in [6, 6.07) is 4.35. The number of piperidine rings is 1. The minimum absolute atomic E-state index is 0.110. The van der Waals surface area contributed by atoms with Crippen molar-refractivity contribution in [2.24, 2.45) is 5.92 Å². The molecule has 22 heavy (non-hydrogen) atoms. The maximum absolute atomic E-state index is 11.8. The van der Waals surface area contributed by atoms with Gasteiger partial charge in [0.2, 0.25) is 5.91 Å². The fourth-order valence-electron chi connectivity index (χ4n) is 2.79. The van der Waals surface area contributed by atoms with Gasteiger partial charge in [0, 0.05) is 25.7 Å². The Morgan fingerprint density at radius 3 is 2.91 bits per heavy atom. The summed E-state index contributed by atoms with van der Waals surface area (Å²) in [6.45, 7) is 5.08. The third-order valence-electron chi connectivity index (χ3n) is 4.37. The molecule has 120 valence electrons. The molecule has 1 saturated carbocycles. The van der Waals surface area contributed by atoms with E-state index in [1.165, 1.54) is 12.8 Å². The highest BCUT2D eigenvalue weighted by atomic mass is 16.1. The predicted molar refractivity (Wildman–Crippen MR) is 85.7 cm³/mol. The molecule has 1 atom stereocenters. The van der Waals surface area contributed by atoms with E-state index in [9.17, 15) is 4.79 Å². The van der Waals surface area contributed by atoms with Gasteiger partial charge in [-0.25, -0.2) is 0 Å². The lowest BCUT2D eigenvalue weighted by molar-refractivity contribution is -0.120. The van der Waals surface area contributed by atoms with Crippen LogP contribution in [0, 0.1) is 12.8 Å². The van der Waals surface area contributed by atoms with Crippen LogP contribution in [0.25, 0.3) is 0 Å². The maximum Gasteiger partial charge on any atom is 0.233 e. The van der Waals surface area contributed by atoms with Gasteiger partial charge in [0.25, 0.3) is 0 Å². The zero-order valence-electron chi connectivity index (χ0n) is 13.2. The molecule has 0 unspecified atom stereocenters. The molecule has 1 amide bonds. The Bertz CT molecular complexity index is 500. The van der Waals surface area contributed by atoms with Crippen molar-refractivity contribution < 1.29 is 4.79 Å². The normalized spacial score (nSPS) is 21.7. The van der Waals surface area contributed by atoms with E-state index < -0.39 is 0 Å². The molecule has 0 spiro atoms. The summed E-state index contributed by atoms with van der Waals surface area (Å²) in [5.41, 5.74) is 0.933. The van der Waals surface area contributed by atoms with Gasteiger partial charge in [-0.1, -0.05) is 0 Å². The molecule has 2 N–H and O–H groups in total. The monoisotopic (exact) mass is 303 g/mol. The lowest BCUT2D eigenvalue weighted by Crippen LogP contribution is -2.49.